The largest absolute Gasteiger partial charge is 0.460 e. The van der Waals surface area contributed by atoms with Crippen molar-refractivity contribution in [3.8, 4) is 0 Å². The summed E-state index contributed by atoms with van der Waals surface area (Å²) < 4.78 is 120. The molecule has 0 heterocycles. The summed E-state index contributed by atoms with van der Waals surface area (Å²) in [5.74, 6) is -20.1. The Labute approximate surface area is 261 Å². The van der Waals surface area contributed by atoms with Crippen LogP contribution in [0.25, 0.3) is 0 Å². The van der Waals surface area contributed by atoms with Crippen LogP contribution in [-0.2, 0) is 12.3 Å². The highest BCUT2D eigenvalue weighted by atomic mass is 35.5. The molecule has 0 saturated carbocycles. The Balaban J connectivity index is 1.77. The lowest BCUT2D eigenvalue weighted by Gasteiger charge is -2.33. The van der Waals surface area contributed by atoms with Crippen LogP contribution >= 0.6 is 23.4 Å². The van der Waals surface area contributed by atoms with Crippen molar-refractivity contribution in [2.45, 2.75) is 50.3 Å². The minimum atomic E-state index is -6.98. The molecule has 1 atom stereocenters. The van der Waals surface area contributed by atoms with Crippen molar-refractivity contribution in [2.24, 2.45) is 0 Å². The molecule has 0 aliphatic heterocycles. The van der Waals surface area contributed by atoms with E-state index in [1.54, 1.807) is 26.0 Å². The number of rotatable bonds is 11. The Morgan fingerprint density at radius 2 is 1.44 bits per heavy atom. The molecule has 2 amide bonds. The molecule has 0 bridgehead atoms. The van der Waals surface area contributed by atoms with Crippen LogP contribution in [0.3, 0.4) is 0 Å². The van der Waals surface area contributed by atoms with Crippen LogP contribution in [0.4, 0.5) is 45.2 Å². The fourth-order valence-corrected chi connectivity index (χ4v) is 5.17. The smallest absolute Gasteiger partial charge is 0.349 e. The van der Waals surface area contributed by atoms with E-state index in [4.69, 9.17) is 11.6 Å². The lowest BCUT2D eigenvalue weighted by Crippen LogP contribution is -2.59. The molecule has 0 aliphatic carbocycles. The van der Waals surface area contributed by atoms with Gasteiger partial charge in [0.05, 0.1) is 16.1 Å². The van der Waals surface area contributed by atoms with E-state index in [1.165, 1.54) is 36.0 Å². The van der Waals surface area contributed by atoms with Gasteiger partial charge in [-0.3, -0.25) is 9.59 Å². The third kappa shape index (κ3) is 7.54. The summed E-state index contributed by atoms with van der Waals surface area (Å²) in [6.45, 7) is 3.44. The van der Waals surface area contributed by atoms with E-state index in [9.17, 15) is 49.1 Å². The molecule has 15 heteroatoms. The van der Waals surface area contributed by atoms with Gasteiger partial charge in [-0.2, -0.15) is 51.3 Å². The number of carbonyl (C=O) groups excluding carboxylic acids is 2. The Kier molecular flexibility index (Phi) is 10.9. The molecule has 0 fully saturated rings. The van der Waals surface area contributed by atoms with Crippen LogP contribution in [0, 0.1) is 6.92 Å². The number of amides is 2. The summed E-state index contributed by atoms with van der Waals surface area (Å²) >= 11 is 7.78. The summed E-state index contributed by atoms with van der Waals surface area (Å²) in [7, 11) is 0. The van der Waals surface area contributed by atoms with Crippen molar-refractivity contribution < 1.29 is 49.1 Å². The first-order chi connectivity index (χ1) is 20.7. The van der Waals surface area contributed by atoms with Crippen LogP contribution in [-0.4, -0.2) is 47.9 Å². The quantitative estimate of drug-likeness (QED) is 0.199. The molecule has 244 valence electrons. The number of anilines is 1. The number of thioether (sulfide) groups is 1. The molecule has 2 N–H and O–H groups in total. The maximum absolute atomic E-state index is 14.2. The molecule has 0 aliphatic rings. The molecule has 0 unspecified atom stereocenters. The predicted molar refractivity (Wildman–Crippen MR) is 155 cm³/mol. The summed E-state index contributed by atoms with van der Waals surface area (Å²) in [4.78, 5) is 26.0. The third-order valence-corrected chi connectivity index (χ3v) is 7.84. The monoisotopic (exact) mass is 684 g/mol. The molecule has 0 saturated heterocycles. The number of benzene rings is 3. The minimum Gasteiger partial charge on any atom is -0.349 e. The van der Waals surface area contributed by atoms with Gasteiger partial charge in [0.15, 0.2) is 0 Å². The number of aryl methyl sites for hydroxylation is 1. The van der Waals surface area contributed by atoms with Gasteiger partial charge in [0.1, 0.15) is 0 Å². The van der Waals surface area contributed by atoms with Crippen LogP contribution in [0.2, 0.25) is 5.02 Å². The second-order valence-electron chi connectivity index (χ2n) is 10.2. The van der Waals surface area contributed by atoms with Crippen molar-refractivity contribution in [1.29, 1.82) is 0 Å². The van der Waals surface area contributed by atoms with Gasteiger partial charge in [-0.25, -0.2) is 0 Å². The van der Waals surface area contributed by atoms with Crippen LogP contribution in [0.1, 0.15) is 49.9 Å². The number of alkyl halides is 9. The SMILES string of the molecule is CSC[C@H](C)NC(=O)c1c(Cl)cccc1C(=O)Nc1ccc(Cc2ccc(C(F)(F)C(F)(F)C(F)(F)C(F)(F)F)cc2)cc1C. The first-order valence-corrected chi connectivity index (χ1v) is 14.8. The maximum Gasteiger partial charge on any atom is 0.460 e. The van der Waals surface area contributed by atoms with Crippen LogP contribution in [0.5, 0.6) is 0 Å². The molecule has 45 heavy (non-hydrogen) atoms. The summed E-state index contributed by atoms with van der Waals surface area (Å²) in [5, 5.41) is 5.57. The third-order valence-electron chi connectivity index (χ3n) is 6.69. The number of nitrogens with one attached hydrogen (secondary N) is 2. The van der Waals surface area contributed by atoms with Gasteiger partial charge in [0.2, 0.25) is 0 Å². The van der Waals surface area contributed by atoms with Gasteiger partial charge in [0, 0.05) is 23.0 Å². The number of hydrogen-bond acceptors (Lipinski definition) is 3. The van der Waals surface area contributed by atoms with Crippen molar-refractivity contribution in [3.63, 3.8) is 0 Å². The van der Waals surface area contributed by atoms with E-state index >= 15 is 0 Å². The summed E-state index contributed by atoms with van der Waals surface area (Å²) in [6.07, 6.45) is -4.99. The van der Waals surface area contributed by atoms with Gasteiger partial charge in [-0.1, -0.05) is 54.1 Å². The van der Waals surface area contributed by atoms with Gasteiger partial charge in [-0.05, 0) is 61.4 Å². The van der Waals surface area contributed by atoms with Gasteiger partial charge in [0.25, 0.3) is 11.8 Å². The van der Waals surface area contributed by atoms with E-state index < -0.39 is 41.3 Å². The summed E-state index contributed by atoms with van der Waals surface area (Å²) in [5.41, 5.74) is 0.00468. The molecule has 0 radical (unpaired) electrons. The van der Waals surface area contributed by atoms with Crippen molar-refractivity contribution in [2.75, 3.05) is 17.3 Å². The van der Waals surface area contributed by atoms with E-state index in [0.29, 0.717) is 34.7 Å². The fraction of sp³-hybridized carbons (Fsp3) is 0.333. The highest BCUT2D eigenvalue weighted by Gasteiger charge is 2.82. The average molecular weight is 685 g/mol. The summed E-state index contributed by atoms with van der Waals surface area (Å²) in [6, 6.07) is 11.5. The van der Waals surface area contributed by atoms with Crippen molar-refractivity contribution >= 4 is 40.9 Å². The standard InChI is InChI=1S/C30H26ClF9N2O2S/c1-16-13-19(14-18-7-10-20(11-8-18)27(32,33)28(34,35)29(36,37)30(38,39)40)9-12-23(16)42-25(43)21-5-4-6-22(31)24(21)26(44)41-17(2)15-45-3/h4-13,17H,14-15H2,1-3H3,(H,41,44)(H,42,43)/t17-/m0/s1. The predicted octanol–water partition coefficient (Wildman–Crippen LogP) is 8.90. The topological polar surface area (TPSA) is 58.2 Å². The molecule has 0 spiro atoms. The van der Waals surface area contributed by atoms with E-state index in [0.717, 1.165) is 12.1 Å². The number of carbonyl (C=O) groups is 2. The molecule has 4 nitrogen and oxygen atoms in total. The molecule has 3 aromatic rings. The van der Waals surface area contributed by atoms with Gasteiger partial charge < -0.3 is 10.6 Å². The first kappa shape index (κ1) is 36.1. The average Bonchev–Trinajstić information content (AvgIpc) is 2.93. The van der Waals surface area contributed by atoms with E-state index in [2.05, 4.69) is 10.6 Å². The number of hydrogen-bond donors (Lipinski definition) is 2. The minimum absolute atomic E-state index is 0.00666. The fourth-order valence-electron chi connectivity index (χ4n) is 4.32. The second-order valence-corrected chi connectivity index (χ2v) is 11.5. The lowest BCUT2D eigenvalue weighted by molar-refractivity contribution is -0.399. The molecule has 3 rings (SSSR count). The van der Waals surface area contributed by atoms with E-state index in [-0.39, 0.29) is 34.2 Å². The van der Waals surface area contributed by atoms with E-state index in [1.807, 2.05) is 6.26 Å². The Morgan fingerprint density at radius 1 is 0.844 bits per heavy atom. The zero-order chi connectivity index (χ0) is 34.0. The first-order valence-electron chi connectivity index (χ1n) is 13.0. The Morgan fingerprint density at radius 3 is 2.00 bits per heavy atom. The zero-order valence-corrected chi connectivity index (χ0v) is 25.3. The Hall–Kier alpha value is -3.39. The highest BCUT2D eigenvalue weighted by Crippen LogP contribution is 2.56. The molecule has 0 aromatic heterocycles. The van der Waals surface area contributed by atoms with Crippen LogP contribution in [0.15, 0.2) is 60.7 Å². The zero-order valence-electron chi connectivity index (χ0n) is 23.8. The normalized spacial score (nSPS) is 13.4. The van der Waals surface area contributed by atoms with Crippen molar-refractivity contribution in [1.82, 2.24) is 5.32 Å². The molecular formula is C30H26ClF9N2O2S. The number of halogens is 10. The van der Waals surface area contributed by atoms with Gasteiger partial charge >= 0.3 is 23.9 Å². The Bertz CT molecular complexity index is 1550. The molecule has 3 aromatic carbocycles. The van der Waals surface area contributed by atoms with Crippen molar-refractivity contribution in [3.05, 3.63) is 99.1 Å². The van der Waals surface area contributed by atoms with Crippen LogP contribution < -0.4 is 10.6 Å². The molecular weight excluding hydrogens is 659 g/mol. The maximum atomic E-state index is 14.2. The lowest BCUT2D eigenvalue weighted by atomic mass is 9.94. The van der Waals surface area contributed by atoms with Gasteiger partial charge in [-0.15, -0.1) is 0 Å². The highest BCUT2D eigenvalue weighted by molar-refractivity contribution is 7.98. The second kappa shape index (κ2) is 13.5.